The third-order valence-electron chi connectivity index (χ3n) is 4.06. The smallest absolute Gasteiger partial charge is 0.257 e. The van der Waals surface area contributed by atoms with Gasteiger partial charge >= 0.3 is 0 Å². The van der Waals surface area contributed by atoms with Gasteiger partial charge in [-0.2, -0.15) is 0 Å². The molecule has 1 aliphatic heterocycles. The molecule has 1 aromatic carbocycles. The molecule has 0 radical (unpaired) electrons. The molecule has 1 heterocycles. The zero-order valence-corrected chi connectivity index (χ0v) is 17.0. The average molecular weight is 400 g/mol. The van der Waals surface area contributed by atoms with Crippen molar-refractivity contribution in [2.75, 3.05) is 46.0 Å². The monoisotopic (exact) mass is 399 g/mol. The van der Waals surface area contributed by atoms with Crippen LogP contribution in [-0.4, -0.2) is 71.3 Å². The topological polar surface area (TPSA) is 97.0 Å². The van der Waals surface area contributed by atoms with Gasteiger partial charge in [-0.3, -0.25) is 9.69 Å². The molecule has 152 valence electrons. The maximum Gasteiger partial charge on any atom is 0.257 e. The Hall–Kier alpha value is -1.68. The van der Waals surface area contributed by atoms with Crippen LogP contribution < -0.4 is 14.8 Å². The van der Waals surface area contributed by atoms with E-state index >= 15 is 0 Å². The van der Waals surface area contributed by atoms with Gasteiger partial charge in [-0.15, -0.1) is 0 Å². The van der Waals surface area contributed by atoms with Crippen molar-refractivity contribution in [3.8, 4) is 5.75 Å². The largest absolute Gasteiger partial charge is 0.484 e. The highest BCUT2D eigenvalue weighted by atomic mass is 32.2. The maximum absolute atomic E-state index is 12.2. The van der Waals surface area contributed by atoms with E-state index in [9.17, 15) is 13.2 Å². The number of morpholine rings is 1. The number of hydrogen-bond acceptors (Lipinski definition) is 6. The number of amides is 1. The van der Waals surface area contributed by atoms with Crippen molar-refractivity contribution in [3.63, 3.8) is 0 Å². The summed E-state index contributed by atoms with van der Waals surface area (Å²) in [5.41, 5.74) is 0.655. The van der Waals surface area contributed by atoms with E-state index in [1.165, 1.54) is 12.1 Å². The molecule has 1 saturated heterocycles. The number of rotatable bonds is 9. The second kappa shape index (κ2) is 10.0. The number of carbonyl (C=O) groups excluding carboxylic acids is 1. The Morgan fingerprint density at radius 3 is 2.63 bits per heavy atom. The number of benzene rings is 1. The molecule has 0 bridgehead atoms. The highest BCUT2D eigenvalue weighted by Crippen LogP contribution is 2.21. The highest BCUT2D eigenvalue weighted by molar-refractivity contribution is 7.89. The van der Waals surface area contributed by atoms with Crippen molar-refractivity contribution in [1.29, 1.82) is 0 Å². The van der Waals surface area contributed by atoms with Crippen LogP contribution >= 0.6 is 0 Å². The predicted molar refractivity (Wildman–Crippen MR) is 102 cm³/mol. The van der Waals surface area contributed by atoms with Gasteiger partial charge < -0.3 is 14.8 Å². The first-order chi connectivity index (χ1) is 12.8. The summed E-state index contributed by atoms with van der Waals surface area (Å²) in [5.74, 6) is 0.280. The van der Waals surface area contributed by atoms with E-state index < -0.39 is 10.0 Å². The van der Waals surface area contributed by atoms with E-state index in [2.05, 4.69) is 14.9 Å². The lowest BCUT2D eigenvalue weighted by Gasteiger charge is -2.26. The van der Waals surface area contributed by atoms with Gasteiger partial charge in [-0.1, -0.05) is 0 Å². The zero-order chi connectivity index (χ0) is 19.9. The van der Waals surface area contributed by atoms with Crippen LogP contribution in [0.5, 0.6) is 5.75 Å². The fraction of sp³-hybridized carbons (Fsp3) is 0.611. The van der Waals surface area contributed by atoms with Gasteiger partial charge in [0.25, 0.3) is 5.91 Å². The van der Waals surface area contributed by atoms with Crippen LogP contribution in [-0.2, 0) is 19.6 Å². The van der Waals surface area contributed by atoms with Gasteiger partial charge in [0.15, 0.2) is 6.61 Å². The summed E-state index contributed by atoms with van der Waals surface area (Å²) in [5, 5.41) is 2.82. The maximum atomic E-state index is 12.2. The van der Waals surface area contributed by atoms with E-state index in [0.717, 1.165) is 32.8 Å². The molecule has 9 heteroatoms. The Morgan fingerprint density at radius 1 is 1.30 bits per heavy atom. The van der Waals surface area contributed by atoms with Crippen LogP contribution in [0.3, 0.4) is 0 Å². The molecule has 0 saturated carbocycles. The molecule has 1 aliphatic rings. The van der Waals surface area contributed by atoms with Gasteiger partial charge in [-0.25, -0.2) is 13.1 Å². The first-order valence-corrected chi connectivity index (χ1v) is 10.6. The SMILES string of the molecule is Cc1cc(S(=O)(=O)NC(C)C)ccc1OCC(=O)NCCN1CCOCC1. The first kappa shape index (κ1) is 21.6. The molecule has 0 aliphatic carbocycles. The van der Waals surface area contributed by atoms with Gasteiger partial charge in [-0.05, 0) is 44.5 Å². The van der Waals surface area contributed by atoms with Crippen LogP contribution in [0.2, 0.25) is 0 Å². The van der Waals surface area contributed by atoms with E-state index in [1.807, 2.05) is 0 Å². The molecule has 0 atom stereocenters. The second-order valence-corrected chi connectivity index (χ2v) is 8.51. The third kappa shape index (κ3) is 7.10. The van der Waals surface area contributed by atoms with Crippen LogP contribution in [0.4, 0.5) is 0 Å². The number of ether oxygens (including phenoxy) is 2. The van der Waals surface area contributed by atoms with E-state index in [4.69, 9.17) is 9.47 Å². The lowest BCUT2D eigenvalue weighted by atomic mass is 10.2. The molecule has 0 spiro atoms. The summed E-state index contributed by atoms with van der Waals surface area (Å²) in [6.45, 7) is 9.73. The van der Waals surface area contributed by atoms with Crippen molar-refractivity contribution < 1.29 is 22.7 Å². The Labute approximate surface area is 161 Å². The van der Waals surface area contributed by atoms with Crippen molar-refractivity contribution in [1.82, 2.24) is 14.9 Å². The van der Waals surface area contributed by atoms with E-state index in [1.54, 1.807) is 26.8 Å². The summed E-state index contributed by atoms with van der Waals surface area (Å²) in [4.78, 5) is 14.3. The molecule has 1 aromatic rings. The van der Waals surface area contributed by atoms with Crippen LogP contribution in [0.1, 0.15) is 19.4 Å². The lowest BCUT2D eigenvalue weighted by molar-refractivity contribution is -0.123. The molecule has 8 nitrogen and oxygen atoms in total. The van der Waals surface area contributed by atoms with Gasteiger partial charge in [0.05, 0.1) is 18.1 Å². The number of sulfonamides is 1. The number of carbonyl (C=O) groups is 1. The molecule has 2 rings (SSSR count). The Bertz CT molecular complexity index is 731. The molecule has 27 heavy (non-hydrogen) atoms. The Morgan fingerprint density at radius 2 is 2.00 bits per heavy atom. The Balaban J connectivity index is 1.80. The lowest BCUT2D eigenvalue weighted by Crippen LogP contribution is -2.42. The molecule has 2 N–H and O–H groups in total. The summed E-state index contributed by atoms with van der Waals surface area (Å²) in [7, 11) is -3.55. The standard InChI is InChI=1S/C18H29N3O5S/c1-14(2)20-27(23,24)16-4-5-17(15(3)12-16)26-13-18(22)19-6-7-21-8-10-25-11-9-21/h4-5,12,14,20H,6-11,13H2,1-3H3,(H,19,22). The molecule has 1 fully saturated rings. The van der Waals surface area contributed by atoms with Crippen molar-refractivity contribution in [2.45, 2.75) is 31.7 Å². The Kier molecular flexibility index (Phi) is 8.03. The van der Waals surface area contributed by atoms with Crippen molar-refractivity contribution in [3.05, 3.63) is 23.8 Å². The molecule has 0 aromatic heterocycles. The summed E-state index contributed by atoms with van der Waals surface area (Å²) in [6, 6.07) is 4.40. The van der Waals surface area contributed by atoms with Gasteiger partial charge in [0.2, 0.25) is 10.0 Å². The molecular weight excluding hydrogens is 370 g/mol. The average Bonchev–Trinajstić information content (AvgIpc) is 2.60. The number of nitrogens with one attached hydrogen (secondary N) is 2. The van der Waals surface area contributed by atoms with Gasteiger partial charge in [0, 0.05) is 32.2 Å². The fourth-order valence-corrected chi connectivity index (χ4v) is 4.04. The van der Waals surface area contributed by atoms with Crippen molar-refractivity contribution >= 4 is 15.9 Å². The number of aryl methyl sites for hydroxylation is 1. The van der Waals surface area contributed by atoms with E-state index in [0.29, 0.717) is 17.9 Å². The van der Waals surface area contributed by atoms with Gasteiger partial charge in [0.1, 0.15) is 5.75 Å². The minimum absolute atomic E-state index is 0.111. The highest BCUT2D eigenvalue weighted by Gasteiger charge is 2.17. The minimum Gasteiger partial charge on any atom is -0.484 e. The summed E-state index contributed by atoms with van der Waals surface area (Å²) in [6.07, 6.45) is 0. The van der Waals surface area contributed by atoms with Crippen LogP contribution in [0.25, 0.3) is 0 Å². The van der Waals surface area contributed by atoms with Crippen LogP contribution in [0, 0.1) is 6.92 Å². The number of nitrogens with zero attached hydrogens (tertiary/aromatic N) is 1. The minimum atomic E-state index is -3.55. The second-order valence-electron chi connectivity index (χ2n) is 6.80. The van der Waals surface area contributed by atoms with E-state index in [-0.39, 0.29) is 23.5 Å². The van der Waals surface area contributed by atoms with Crippen molar-refractivity contribution in [2.24, 2.45) is 0 Å². The third-order valence-corrected chi connectivity index (χ3v) is 5.72. The molecular formula is C18H29N3O5S. The summed E-state index contributed by atoms with van der Waals surface area (Å²) < 4.78 is 37.7. The quantitative estimate of drug-likeness (QED) is 0.628. The number of hydrogen-bond donors (Lipinski definition) is 2. The zero-order valence-electron chi connectivity index (χ0n) is 16.2. The first-order valence-electron chi connectivity index (χ1n) is 9.10. The summed E-state index contributed by atoms with van der Waals surface area (Å²) >= 11 is 0. The normalized spacial score (nSPS) is 15.7. The van der Waals surface area contributed by atoms with Crippen LogP contribution in [0.15, 0.2) is 23.1 Å². The fourth-order valence-electron chi connectivity index (χ4n) is 2.70. The molecule has 1 amide bonds. The molecule has 0 unspecified atom stereocenters. The predicted octanol–water partition coefficient (Wildman–Crippen LogP) is 0.509.